The molecule has 0 heterocycles. The first-order chi connectivity index (χ1) is 7.72. The van der Waals surface area contributed by atoms with Crippen molar-refractivity contribution in [2.45, 2.75) is 25.3 Å². The minimum absolute atomic E-state index is 0. The number of nitrogens with one attached hydrogen (secondary N) is 1. The van der Waals surface area contributed by atoms with E-state index in [2.05, 4.69) is 27.3 Å². The van der Waals surface area contributed by atoms with Crippen molar-refractivity contribution in [1.29, 1.82) is 0 Å². The zero-order valence-corrected chi connectivity index (χ0v) is 11.8. The fraction of sp³-hybridized carbons (Fsp3) is 0.417. The topological polar surface area (TPSA) is 55.1 Å². The van der Waals surface area contributed by atoms with E-state index < -0.39 is 0 Å². The van der Waals surface area contributed by atoms with Crippen LogP contribution in [0, 0.1) is 0 Å². The Labute approximate surface area is 116 Å². The quantitative estimate of drug-likeness (QED) is 0.898. The van der Waals surface area contributed by atoms with E-state index in [0.717, 1.165) is 17.3 Å². The van der Waals surface area contributed by atoms with Gasteiger partial charge in [0.15, 0.2) is 0 Å². The number of carbonyl (C=O) groups is 1. The highest BCUT2D eigenvalue weighted by Gasteiger charge is 2.24. The highest BCUT2D eigenvalue weighted by atomic mass is 79.9. The highest BCUT2D eigenvalue weighted by Crippen LogP contribution is 2.35. The van der Waals surface area contributed by atoms with Crippen molar-refractivity contribution in [3.05, 3.63) is 33.8 Å². The molecule has 1 unspecified atom stereocenters. The third kappa shape index (κ3) is 3.21. The summed E-state index contributed by atoms with van der Waals surface area (Å²) >= 11 is 3.54. The Kier molecular flexibility index (Phi) is 5.43. The van der Waals surface area contributed by atoms with E-state index in [1.54, 1.807) is 0 Å². The van der Waals surface area contributed by atoms with E-state index in [0.29, 0.717) is 13.0 Å². The van der Waals surface area contributed by atoms with Crippen LogP contribution in [-0.2, 0) is 11.2 Å². The van der Waals surface area contributed by atoms with Gasteiger partial charge >= 0.3 is 0 Å². The highest BCUT2D eigenvalue weighted by molar-refractivity contribution is 9.10. The van der Waals surface area contributed by atoms with Crippen molar-refractivity contribution in [2.75, 3.05) is 6.54 Å². The molecule has 0 bridgehead atoms. The number of benzene rings is 1. The Balaban J connectivity index is 0.00000144. The largest absolute Gasteiger partial charge is 0.349 e. The van der Waals surface area contributed by atoms with Crippen molar-refractivity contribution in [1.82, 2.24) is 5.32 Å². The van der Waals surface area contributed by atoms with Crippen molar-refractivity contribution < 1.29 is 4.79 Å². The molecule has 1 aliphatic rings. The van der Waals surface area contributed by atoms with E-state index in [1.807, 2.05) is 12.1 Å². The fourth-order valence-corrected chi connectivity index (χ4v) is 2.74. The molecule has 3 nitrogen and oxygen atoms in total. The molecule has 0 aliphatic heterocycles. The fourth-order valence-electron chi connectivity index (χ4n) is 2.16. The standard InChI is InChI=1S/C12H15BrN2O.ClH/c13-10-3-1-2-9-8(10)4-5-11(9)15-12(16)6-7-14;/h1-3,11H,4-7,14H2,(H,15,16);1H. The summed E-state index contributed by atoms with van der Waals surface area (Å²) in [7, 11) is 0. The van der Waals surface area contributed by atoms with Crippen LogP contribution >= 0.6 is 28.3 Å². The van der Waals surface area contributed by atoms with Gasteiger partial charge in [0.05, 0.1) is 6.04 Å². The van der Waals surface area contributed by atoms with Crippen LogP contribution in [0.4, 0.5) is 0 Å². The van der Waals surface area contributed by atoms with Gasteiger partial charge < -0.3 is 11.1 Å². The van der Waals surface area contributed by atoms with Crippen molar-refractivity contribution in [2.24, 2.45) is 5.73 Å². The molecule has 1 aromatic carbocycles. The molecule has 0 saturated carbocycles. The first-order valence-electron chi connectivity index (χ1n) is 5.49. The lowest BCUT2D eigenvalue weighted by molar-refractivity contribution is -0.121. The Morgan fingerprint density at radius 1 is 1.53 bits per heavy atom. The van der Waals surface area contributed by atoms with Crippen molar-refractivity contribution in [3.8, 4) is 0 Å². The summed E-state index contributed by atoms with van der Waals surface area (Å²) in [5, 5.41) is 3.02. The van der Waals surface area contributed by atoms with Crippen LogP contribution in [-0.4, -0.2) is 12.5 Å². The Hall–Kier alpha value is -0.580. The van der Waals surface area contributed by atoms with E-state index in [-0.39, 0.29) is 24.4 Å². The lowest BCUT2D eigenvalue weighted by Gasteiger charge is -2.13. The van der Waals surface area contributed by atoms with Gasteiger partial charge in [-0.1, -0.05) is 28.1 Å². The number of amides is 1. The molecule has 3 N–H and O–H groups in total. The zero-order chi connectivity index (χ0) is 11.5. The second-order valence-electron chi connectivity index (χ2n) is 4.01. The molecule has 0 aromatic heterocycles. The van der Waals surface area contributed by atoms with E-state index in [9.17, 15) is 4.79 Å². The number of halogens is 2. The zero-order valence-electron chi connectivity index (χ0n) is 9.41. The molecule has 0 radical (unpaired) electrons. The molecule has 1 aromatic rings. The SMILES string of the molecule is Cl.NCCC(=O)NC1CCc2c(Br)cccc21. The van der Waals surface area contributed by atoms with Crippen molar-refractivity contribution >= 4 is 34.2 Å². The van der Waals surface area contributed by atoms with Gasteiger partial charge in [-0.3, -0.25) is 4.79 Å². The van der Waals surface area contributed by atoms with Gasteiger partial charge in [-0.2, -0.15) is 0 Å². The molecule has 17 heavy (non-hydrogen) atoms. The summed E-state index contributed by atoms with van der Waals surface area (Å²) in [5.74, 6) is 0.0420. The van der Waals surface area contributed by atoms with Gasteiger partial charge in [0.25, 0.3) is 0 Å². The number of carbonyl (C=O) groups excluding carboxylic acids is 1. The van der Waals surface area contributed by atoms with Crippen LogP contribution in [0.25, 0.3) is 0 Å². The third-order valence-electron chi connectivity index (χ3n) is 2.92. The molecule has 0 saturated heterocycles. The summed E-state index contributed by atoms with van der Waals surface area (Å²) in [6.45, 7) is 0.407. The van der Waals surface area contributed by atoms with Crippen LogP contribution in [0.1, 0.15) is 30.0 Å². The normalized spacial score (nSPS) is 17.2. The summed E-state index contributed by atoms with van der Waals surface area (Å²) in [6.07, 6.45) is 2.40. The van der Waals surface area contributed by atoms with Gasteiger partial charge in [0.1, 0.15) is 0 Å². The molecule has 94 valence electrons. The minimum Gasteiger partial charge on any atom is -0.349 e. The van der Waals surface area contributed by atoms with Gasteiger partial charge in [-0.25, -0.2) is 0 Å². The third-order valence-corrected chi connectivity index (χ3v) is 3.66. The molecular weight excluding hydrogens is 304 g/mol. The monoisotopic (exact) mass is 318 g/mol. The Morgan fingerprint density at radius 2 is 2.29 bits per heavy atom. The van der Waals surface area contributed by atoms with E-state index in [4.69, 9.17) is 5.73 Å². The predicted molar refractivity (Wildman–Crippen MR) is 74.3 cm³/mol. The van der Waals surface area contributed by atoms with Crippen LogP contribution in [0.5, 0.6) is 0 Å². The van der Waals surface area contributed by atoms with Crippen LogP contribution in [0.3, 0.4) is 0 Å². The average molecular weight is 320 g/mol. The molecule has 1 aliphatic carbocycles. The van der Waals surface area contributed by atoms with Crippen LogP contribution in [0.15, 0.2) is 22.7 Å². The van der Waals surface area contributed by atoms with Gasteiger partial charge in [0.2, 0.25) is 5.91 Å². The lowest BCUT2D eigenvalue weighted by atomic mass is 10.1. The molecular formula is C12H16BrClN2O. The van der Waals surface area contributed by atoms with Crippen molar-refractivity contribution in [3.63, 3.8) is 0 Å². The van der Waals surface area contributed by atoms with Crippen LogP contribution in [0.2, 0.25) is 0 Å². The number of hydrogen-bond acceptors (Lipinski definition) is 2. The molecule has 2 rings (SSSR count). The van der Waals surface area contributed by atoms with E-state index >= 15 is 0 Å². The first kappa shape index (κ1) is 14.5. The maximum absolute atomic E-state index is 11.5. The van der Waals surface area contributed by atoms with Crippen LogP contribution < -0.4 is 11.1 Å². The molecule has 1 atom stereocenters. The predicted octanol–water partition coefficient (Wildman–Crippen LogP) is 2.32. The Morgan fingerprint density at radius 3 is 3.00 bits per heavy atom. The maximum Gasteiger partial charge on any atom is 0.221 e. The maximum atomic E-state index is 11.5. The smallest absolute Gasteiger partial charge is 0.221 e. The molecule has 0 fully saturated rings. The molecule has 5 heteroatoms. The number of fused-ring (bicyclic) bond motifs is 1. The number of hydrogen-bond donors (Lipinski definition) is 2. The van der Waals surface area contributed by atoms with Gasteiger partial charge in [-0.05, 0) is 30.0 Å². The Bertz CT molecular complexity index is 411. The summed E-state index contributed by atoms with van der Waals surface area (Å²) in [6, 6.07) is 6.30. The van der Waals surface area contributed by atoms with Gasteiger partial charge in [-0.15, -0.1) is 12.4 Å². The second-order valence-corrected chi connectivity index (χ2v) is 4.86. The van der Waals surface area contributed by atoms with E-state index in [1.165, 1.54) is 11.1 Å². The second kappa shape index (κ2) is 6.38. The average Bonchev–Trinajstić information content (AvgIpc) is 2.64. The minimum atomic E-state index is 0. The first-order valence-corrected chi connectivity index (χ1v) is 6.28. The summed E-state index contributed by atoms with van der Waals surface area (Å²) in [5.41, 5.74) is 7.91. The molecule has 0 spiro atoms. The number of nitrogens with two attached hydrogens (primary N) is 1. The number of rotatable bonds is 3. The van der Waals surface area contributed by atoms with Gasteiger partial charge in [0, 0.05) is 17.4 Å². The lowest BCUT2D eigenvalue weighted by Crippen LogP contribution is -2.28. The summed E-state index contributed by atoms with van der Waals surface area (Å²) in [4.78, 5) is 11.5. The summed E-state index contributed by atoms with van der Waals surface area (Å²) < 4.78 is 1.14. The molecule has 1 amide bonds.